The molecule has 2 aliphatic heterocycles. The molecule has 0 spiro atoms. The van der Waals surface area contributed by atoms with Gasteiger partial charge in [0, 0.05) is 19.6 Å². The van der Waals surface area contributed by atoms with E-state index in [-0.39, 0.29) is 12.5 Å². The number of piperidine rings is 2. The van der Waals surface area contributed by atoms with Crippen molar-refractivity contribution in [3.63, 3.8) is 0 Å². The van der Waals surface area contributed by atoms with Gasteiger partial charge in [-0.15, -0.1) is 0 Å². The van der Waals surface area contributed by atoms with Crippen LogP contribution in [0.2, 0.25) is 0 Å². The van der Waals surface area contributed by atoms with Gasteiger partial charge in [0.1, 0.15) is 11.6 Å². The van der Waals surface area contributed by atoms with E-state index in [1.807, 2.05) is 30.3 Å². The summed E-state index contributed by atoms with van der Waals surface area (Å²) in [5, 5.41) is 9.64. The van der Waals surface area contributed by atoms with Crippen molar-refractivity contribution >= 4 is 18.0 Å². The molecular weight excluding hydrogens is 446 g/mol. The van der Waals surface area contributed by atoms with Gasteiger partial charge in [0.2, 0.25) is 5.91 Å². The zero-order chi connectivity index (χ0) is 25.6. The summed E-state index contributed by atoms with van der Waals surface area (Å²) < 4.78 is 5.60. The normalized spacial score (nSPS) is 19.3. The zero-order valence-corrected chi connectivity index (χ0v) is 21.6. The van der Waals surface area contributed by atoms with Crippen molar-refractivity contribution in [1.29, 1.82) is 0 Å². The van der Waals surface area contributed by atoms with Crippen molar-refractivity contribution in [3.05, 3.63) is 35.9 Å². The van der Waals surface area contributed by atoms with Gasteiger partial charge in [-0.3, -0.25) is 14.5 Å². The molecule has 0 aromatic heterocycles. The summed E-state index contributed by atoms with van der Waals surface area (Å²) in [6, 6.07) is 8.16. The lowest BCUT2D eigenvalue weighted by Gasteiger charge is -2.41. The number of carboxylic acid groups (broad SMARTS) is 1. The number of hydrogen-bond acceptors (Lipinski definition) is 5. The van der Waals surface area contributed by atoms with Crippen LogP contribution in [-0.4, -0.2) is 82.6 Å². The number of nitrogens with zero attached hydrogens (tertiary/aromatic N) is 3. The second kappa shape index (κ2) is 11.9. The predicted molar refractivity (Wildman–Crippen MR) is 134 cm³/mol. The Labute approximate surface area is 209 Å². The van der Waals surface area contributed by atoms with Crippen molar-refractivity contribution in [2.24, 2.45) is 11.8 Å². The molecule has 0 aliphatic carbocycles. The Bertz CT molecular complexity index is 853. The van der Waals surface area contributed by atoms with E-state index in [9.17, 15) is 19.5 Å². The third-order valence-corrected chi connectivity index (χ3v) is 7.13. The van der Waals surface area contributed by atoms with Crippen LogP contribution in [0, 0.1) is 11.8 Å². The Morgan fingerprint density at radius 1 is 1.00 bits per heavy atom. The van der Waals surface area contributed by atoms with E-state index in [4.69, 9.17) is 4.74 Å². The Hall–Kier alpha value is -2.61. The third kappa shape index (κ3) is 7.95. The van der Waals surface area contributed by atoms with Gasteiger partial charge in [-0.05, 0) is 84.0 Å². The monoisotopic (exact) mass is 487 g/mol. The number of amides is 2. The SMILES string of the molecule is CN1CCC(C2CCN(C(=O)[C@@H](CC(=O)O)N(Cc3ccccc3)C(=O)OC(C)(C)C)CC2)CC1. The predicted octanol–water partition coefficient (Wildman–Crippen LogP) is 3.85. The first kappa shape index (κ1) is 27.0. The molecule has 2 saturated heterocycles. The van der Waals surface area contributed by atoms with Crippen molar-refractivity contribution in [3.8, 4) is 0 Å². The summed E-state index contributed by atoms with van der Waals surface area (Å²) in [5.41, 5.74) is 0.0393. The summed E-state index contributed by atoms with van der Waals surface area (Å²) in [4.78, 5) is 44.1. The minimum Gasteiger partial charge on any atom is -0.481 e. The van der Waals surface area contributed by atoms with Crippen LogP contribution in [0.5, 0.6) is 0 Å². The molecule has 0 radical (unpaired) electrons. The number of ether oxygens (including phenoxy) is 1. The van der Waals surface area contributed by atoms with Crippen molar-refractivity contribution in [2.45, 2.75) is 71.1 Å². The maximum absolute atomic E-state index is 13.7. The number of rotatable bonds is 7. The topological polar surface area (TPSA) is 90.4 Å². The molecule has 2 fully saturated rings. The van der Waals surface area contributed by atoms with E-state index in [0.717, 1.165) is 31.5 Å². The molecule has 35 heavy (non-hydrogen) atoms. The van der Waals surface area contributed by atoms with Gasteiger partial charge < -0.3 is 19.6 Å². The molecule has 2 aliphatic rings. The molecule has 0 unspecified atom stereocenters. The summed E-state index contributed by atoms with van der Waals surface area (Å²) in [7, 11) is 2.16. The molecule has 3 rings (SSSR count). The Balaban J connectivity index is 1.75. The Kier molecular flexibility index (Phi) is 9.16. The molecule has 194 valence electrons. The first-order valence-corrected chi connectivity index (χ1v) is 12.8. The smallest absolute Gasteiger partial charge is 0.411 e. The number of carboxylic acids is 1. The standard InChI is InChI=1S/C27H41N3O5/c1-27(2,3)35-26(34)30(19-20-8-6-5-7-9-20)23(18-24(31)32)25(33)29-16-12-22(13-17-29)21-10-14-28(4)15-11-21/h5-9,21-23H,10-19H2,1-4H3,(H,31,32)/t23-/m1/s1. The third-order valence-electron chi connectivity index (χ3n) is 7.13. The highest BCUT2D eigenvalue weighted by Gasteiger charge is 2.39. The number of aliphatic carboxylic acids is 1. The van der Waals surface area contributed by atoms with E-state index >= 15 is 0 Å². The fourth-order valence-electron chi connectivity index (χ4n) is 5.20. The number of likely N-dealkylation sites (tertiary alicyclic amines) is 2. The first-order chi connectivity index (χ1) is 16.5. The average Bonchev–Trinajstić information content (AvgIpc) is 2.81. The second-order valence-electron chi connectivity index (χ2n) is 11.0. The highest BCUT2D eigenvalue weighted by atomic mass is 16.6. The van der Waals surface area contributed by atoms with Gasteiger partial charge in [-0.2, -0.15) is 0 Å². The molecule has 8 nitrogen and oxygen atoms in total. The van der Waals surface area contributed by atoms with E-state index in [0.29, 0.717) is 24.9 Å². The lowest BCUT2D eigenvalue weighted by atomic mass is 9.79. The quantitative estimate of drug-likeness (QED) is 0.628. The van der Waals surface area contributed by atoms with Gasteiger partial charge in [0.25, 0.3) is 0 Å². The maximum atomic E-state index is 13.7. The molecule has 1 aromatic carbocycles. The largest absolute Gasteiger partial charge is 0.481 e. The molecule has 0 saturated carbocycles. The van der Waals surface area contributed by atoms with Crippen LogP contribution < -0.4 is 0 Å². The molecule has 1 aromatic rings. The van der Waals surface area contributed by atoms with Crippen molar-refractivity contribution in [2.75, 3.05) is 33.2 Å². The van der Waals surface area contributed by atoms with Crippen LogP contribution in [0.1, 0.15) is 58.4 Å². The Morgan fingerprint density at radius 2 is 1.54 bits per heavy atom. The highest BCUT2D eigenvalue weighted by Crippen LogP contribution is 2.32. The number of carbonyl (C=O) groups excluding carboxylic acids is 2. The van der Waals surface area contributed by atoms with Gasteiger partial charge in [0.05, 0.1) is 6.42 Å². The van der Waals surface area contributed by atoms with Gasteiger partial charge in [0.15, 0.2) is 0 Å². The number of hydrogen-bond donors (Lipinski definition) is 1. The van der Waals surface area contributed by atoms with Crippen molar-refractivity contribution in [1.82, 2.24) is 14.7 Å². The van der Waals surface area contributed by atoms with E-state index in [1.165, 1.54) is 17.7 Å². The minimum atomic E-state index is -1.12. The van der Waals surface area contributed by atoms with Crippen LogP contribution in [0.4, 0.5) is 4.79 Å². The molecular formula is C27H41N3O5. The van der Waals surface area contributed by atoms with Crippen LogP contribution in [-0.2, 0) is 20.9 Å². The number of benzene rings is 1. The summed E-state index contributed by atoms with van der Waals surface area (Å²) in [5.74, 6) is -0.145. The van der Waals surface area contributed by atoms with E-state index in [1.54, 1.807) is 25.7 Å². The summed E-state index contributed by atoms with van der Waals surface area (Å²) in [6.07, 6.45) is 3.10. The Morgan fingerprint density at radius 3 is 2.06 bits per heavy atom. The fourth-order valence-corrected chi connectivity index (χ4v) is 5.20. The summed E-state index contributed by atoms with van der Waals surface area (Å²) in [6.45, 7) is 8.81. The molecule has 0 bridgehead atoms. The van der Waals surface area contributed by atoms with Gasteiger partial charge in [-0.25, -0.2) is 4.79 Å². The average molecular weight is 488 g/mol. The lowest BCUT2D eigenvalue weighted by molar-refractivity contribution is -0.146. The van der Waals surface area contributed by atoms with Crippen LogP contribution >= 0.6 is 0 Å². The van der Waals surface area contributed by atoms with Crippen LogP contribution in [0.15, 0.2) is 30.3 Å². The molecule has 8 heteroatoms. The zero-order valence-electron chi connectivity index (χ0n) is 21.6. The lowest BCUT2D eigenvalue weighted by Crippen LogP contribution is -2.54. The minimum absolute atomic E-state index is 0.103. The molecule has 1 atom stereocenters. The fraction of sp³-hybridized carbons (Fsp3) is 0.667. The van der Waals surface area contributed by atoms with Crippen LogP contribution in [0.3, 0.4) is 0 Å². The number of carbonyl (C=O) groups is 3. The van der Waals surface area contributed by atoms with Gasteiger partial charge in [-0.1, -0.05) is 30.3 Å². The molecule has 1 N–H and O–H groups in total. The second-order valence-corrected chi connectivity index (χ2v) is 11.0. The van der Waals surface area contributed by atoms with E-state index in [2.05, 4.69) is 11.9 Å². The van der Waals surface area contributed by atoms with Crippen molar-refractivity contribution < 1.29 is 24.2 Å². The molecule has 2 heterocycles. The maximum Gasteiger partial charge on any atom is 0.411 e. The molecule has 2 amide bonds. The van der Waals surface area contributed by atoms with Crippen LogP contribution in [0.25, 0.3) is 0 Å². The summed E-state index contributed by atoms with van der Waals surface area (Å²) >= 11 is 0. The highest BCUT2D eigenvalue weighted by molar-refractivity contribution is 5.89. The first-order valence-electron chi connectivity index (χ1n) is 12.8. The van der Waals surface area contributed by atoms with E-state index < -0.39 is 30.1 Å². The van der Waals surface area contributed by atoms with Gasteiger partial charge >= 0.3 is 12.1 Å².